The molecule has 4 rings (SSSR count). The van der Waals surface area contributed by atoms with Crippen LogP contribution in [-0.2, 0) is 12.7 Å². The molecule has 3 heterocycles. The lowest BCUT2D eigenvalue weighted by molar-refractivity contribution is -0.138. The van der Waals surface area contributed by atoms with Crippen LogP contribution in [0.4, 0.5) is 13.2 Å². The minimum Gasteiger partial charge on any atom is -0.461 e. The lowest BCUT2D eigenvalue weighted by Crippen LogP contribution is -2.48. The fourth-order valence-corrected chi connectivity index (χ4v) is 3.21. The second-order valence-electron chi connectivity index (χ2n) is 6.60. The van der Waals surface area contributed by atoms with Crippen LogP contribution in [0.1, 0.15) is 21.8 Å². The van der Waals surface area contributed by atoms with Gasteiger partial charge >= 0.3 is 6.18 Å². The Morgan fingerprint density at radius 2 is 1.83 bits per heavy atom. The molecule has 152 valence electrons. The molecule has 0 spiro atoms. The van der Waals surface area contributed by atoms with Gasteiger partial charge in [0.25, 0.3) is 5.91 Å². The molecule has 1 fully saturated rings. The van der Waals surface area contributed by atoms with Gasteiger partial charge in [0, 0.05) is 26.2 Å². The fourth-order valence-electron chi connectivity index (χ4n) is 3.21. The van der Waals surface area contributed by atoms with Crippen LogP contribution in [0, 0.1) is 0 Å². The first-order chi connectivity index (χ1) is 13.9. The molecule has 0 N–H and O–H groups in total. The van der Waals surface area contributed by atoms with Crippen LogP contribution >= 0.6 is 0 Å². The van der Waals surface area contributed by atoms with Crippen LogP contribution in [-0.4, -0.2) is 52.0 Å². The van der Waals surface area contributed by atoms with Crippen molar-refractivity contribution < 1.29 is 26.9 Å². The molecule has 1 aliphatic heterocycles. The second kappa shape index (κ2) is 7.70. The average molecular weight is 406 g/mol. The number of furan rings is 1. The number of hydrogen-bond donors (Lipinski definition) is 0. The van der Waals surface area contributed by atoms with E-state index in [0.717, 1.165) is 6.07 Å². The quantitative estimate of drug-likeness (QED) is 0.662. The van der Waals surface area contributed by atoms with E-state index in [4.69, 9.17) is 8.94 Å². The number of nitrogens with zero attached hydrogens (tertiary/aromatic N) is 4. The monoisotopic (exact) mass is 406 g/mol. The van der Waals surface area contributed by atoms with Crippen molar-refractivity contribution in [2.75, 3.05) is 26.2 Å². The average Bonchev–Trinajstić information content (AvgIpc) is 3.39. The molecule has 0 bridgehead atoms. The van der Waals surface area contributed by atoms with Crippen molar-refractivity contribution in [3.8, 4) is 11.6 Å². The molecule has 29 heavy (non-hydrogen) atoms. The van der Waals surface area contributed by atoms with Gasteiger partial charge in [0.15, 0.2) is 5.76 Å². The summed E-state index contributed by atoms with van der Waals surface area (Å²) < 4.78 is 50.0. The number of amides is 1. The highest BCUT2D eigenvalue weighted by molar-refractivity contribution is 5.96. The van der Waals surface area contributed by atoms with Gasteiger partial charge in [0.1, 0.15) is 0 Å². The van der Waals surface area contributed by atoms with Gasteiger partial charge < -0.3 is 13.8 Å². The van der Waals surface area contributed by atoms with E-state index in [2.05, 4.69) is 10.1 Å². The molecule has 1 saturated heterocycles. The fraction of sp³-hybridized carbons (Fsp3) is 0.316. The van der Waals surface area contributed by atoms with E-state index in [0.29, 0.717) is 50.2 Å². The number of alkyl halides is 3. The minimum atomic E-state index is -4.57. The Morgan fingerprint density at radius 1 is 1.07 bits per heavy atom. The van der Waals surface area contributed by atoms with E-state index in [1.54, 1.807) is 12.1 Å². The van der Waals surface area contributed by atoms with Gasteiger partial charge in [-0.3, -0.25) is 9.69 Å². The van der Waals surface area contributed by atoms with Crippen molar-refractivity contribution in [3.05, 3.63) is 59.7 Å². The number of piperazine rings is 1. The van der Waals surface area contributed by atoms with Gasteiger partial charge in [-0.2, -0.15) is 18.2 Å². The second-order valence-corrected chi connectivity index (χ2v) is 6.60. The summed E-state index contributed by atoms with van der Waals surface area (Å²) in [4.78, 5) is 20.3. The molecule has 10 heteroatoms. The number of carbonyl (C=O) groups is 1. The molecule has 0 unspecified atom stereocenters. The third-order valence-corrected chi connectivity index (χ3v) is 4.69. The maximum absolute atomic E-state index is 13.2. The molecule has 0 saturated carbocycles. The van der Waals surface area contributed by atoms with Gasteiger partial charge in [0.05, 0.1) is 23.9 Å². The van der Waals surface area contributed by atoms with Crippen LogP contribution in [0.15, 0.2) is 51.6 Å². The topological polar surface area (TPSA) is 75.6 Å². The SMILES string of the molecule is O=C(c1ccccc1C(F)(F)F)N1CCN(Cc2nc(-c3ccco3)no2)CC1. The van der Waals surface area contributed by atoms with E-state index < -0.39 is 17.6 Å². The molecule has 1 amide bonds. The first kappa shape index (κ1) is 19.2. The summed E-state index contributed by atoms with van der Waals surface area (Å²) >= 11 is 0. The summed E-state index contributed by atoms with van der Waals surface area (Å²) in [6, 6.07) is 8.29. The van der Waals surface area contributed by atoms with Crippen molar-refractivity contribution in [2.24, 2.45) is 0 Å². The summed E-state index contributed by atoms with van der Waals surface area (Å²) in [7, 11) is 0. The smallest absolute Gasteiger partial charge is 0.417 e. The number of benzene rings is 1. The molecular formula is C19H17F3N4O3. The van der Waals surface area contributed by atoms with Crippen molar-refractivity contribution >= 4 is 5.91 Å². The van der Waals surface area contributed by atoms with Crippen molar-refractivity contribution in [3.63, 3.8) is 0 Å². The van der Waals surface area contributed by atoms with Gasteiger partial charge in [-0.05, 0) is 24.3 Å². The lowest BCUT2D eigenvalue weighted by Gasteiger charge is -2.34. The van der Waals surface area contributed by atoms with Gasteiger partial charge in [-0.25, -0.2) is 0 Å². The summed E-state index contributed by atoms with van der Waals surface area (Å²) in [5, 5.41) is 3.86. The first-order valence-electron chi connectivity index (χ1n) is 8.96. The predicted molar refractivity (Wildman–Crippen MR) is 94.6 cm³/mol. The van der Waals surface area contributed by atoms with Crippen LogP contribution in [0.2, 0.25) is 0 Å². The van der Waals surface area contributed by atoms with Crippen LogP contribution < -0.4 is 0 Å². The van der Waals surface area contributed by atoms with Crippen molar-refractivity contribution in [1.82, 2.24) is 19.9 Å². The first-order valence-corrected chi connectivity index (χ1v) is 8.96. The third-order valence-electron chi connectivity index (χ3n) is 4.69. The van der Waals surface area contributed by atoms with Gasteiger partial charge in [-0.15, -0.1) is 0 Å². The third kappa shape index (κ3) is 4.16. The van der Waals surface area contributed by atoms with E-state index in [9.17, 15) is 18.0 Å². The molecule has 2 aromatic heterocycles. The van der Waals surface area contributed by atoms with Crippen LogP contribution in [0.3, 0.4) is 0 Å². The normalized spacial score (nSPS) is 15.6. The largest absolute Gasteiger partial charge is 0.461 e. The number of aromatic nitrogens is 2. The Labute approximate surface area is 163 Å². The highest BCUT2D eigenvalue weighted by Gasteiger charge is 2.36. The summed E-state index contributed by atoms with van der Waals surface area (Å²) in [6.07, 6.45) is -3.06. The number of carbonyl (C=O) groups excluding carboxylic acids is 1. The van der Waals surface area contributed by atoms with Crippen LogP contribution in [0.25, 0.3) is 11.6 Å². The van der Waals surface area contributed by atoms with Crippen molar-refractivity contribution in [1.29, 1.82) is 0 Å². The molecule has 1 aliphatic rings. The molecule has 7 nitrogen and oxygen atoms in total. The highest BCUT2D eigenvalue weighted by atomic mass is 19.4. The Morgan fingerprint density at radius 3 is 2.52 bits per heavy atom. The zero-order valence-electron chi connectivity index (χ0n) is 15.2. The summed E-state index contributed by atoms with van der Waals surface area (Å²) in [5.41, 5.74) is -1.24. The predicted octanol–water partition coefficient (Wildman–Crippen LogP) is 3.31. The molecular weight excluding hydrogens is 389 g/mol. The molecule has 0 aliphatic carbocycles. The van der Waals surface area contributed by atoms with Crippen molar-refractivity contribution in [2.45, 2.75) is 12.7 Å². The summed E-state index contributed by atoms with van der Waals surface area (Å²) in [5.74, 6) is 0.635. The maximum atomic E-state index is 13.2. The van der Waals surface area contributed by atoms with E-state index in [1.807, 2.05) is 4.90 Å². The number of hydrogen-bond acceptors (Lipinski definition) is 6. The van der Waals surface area contributed by atoms with E-state index in [1.165, 1.54) is 29.4 Å². The Kier molecular flexibility index (Phi) is 5.10. The van der Waals surface area contributed by atoms with Gasteiger partial charge in [-0.1, -0.05) is 17.3 Å². The van der Waals surface area contributed by atoms with Gasteiger partial charge in [0.2, 0.25) is 11.7 Å². The molecule has 0 radical (unpaired) electrons. The minimum absolute atomic E-state index is 0.310. The molecule has 1 aromatic carbocycles. The maximum Gasteiger partial charge on any atom is 0.417 e. The highest BCUT2D eigenvalue weighted by Crippen LogP contribution is 2.32. The lowest BCUT2D eigenvalue weighted by atomic mass is 10.1. The van der Waals surface area contributed by atoms with Crippen LogP contribution in [0.5, 0.6) is 0 Å². The Hall–Kier alpha value is -3.14. The Balaban J connectivity index is 1.37. The van der Waals surface area contributed by atoms with E-state index in [-0.39, 0.29) is 5.56 Å². The zero-order valence-corrected chi connectivity index (χ0v) is 15.2. The zero-order chi connectivity index (χ0) is 20.4. The number of rotatable bonds is 4. The molecule has 3 aromatic rings. The number of halogens is 3. The standard InChI is InChI=1S/C19H17F3N4O3/c20-19(21,22)14-5-2-1-4-13(14)18(27)26-9-7-25(8-10-26)12-16-23-17(24-29-16)15-6-3-11-28-15/h1-6,11H,7-10,12H2. The Bertz CT molecular complexity index is 977. The summed E-state index contributed by atoms with van der Waals surface area (Å²) in [6.45, 7) is 1.97. The van der Waals surface area contributed by atoms with E-state index >= 15 is 0 Å². The molecule has 0 atom stereocenters.